The Bertz CT molecular complexity index is 182. The van der Waals surface area contributed by atoms with Crippen LogP contribution >= 0.6 is 15.9 Å². The highest BCUT2D eigenvalue weighted by Gasteiger charge is 2.17. The van der Waals surface area contributed by atoms with Crippen molar-refractivity contribution in [2.24, 2.45) is 0 Å². The highest BCUT2D eigenvalue weighted by Crippen LogP contribution is 2.18. The van der Waals surface area contributed by atoms with Crippen LogP contribution in [0.25, 0.3) is 0 Å². The van der Waals surface area contributed by atoms with Gasteiger partial charge in [0.2, 0.25) is 0 Å². The van der Waals surface area contributed by atoms with E-state index >= 15 is 0 Å². The van der Waals surface area contributed by atoms with E-state index in [9.17, 15) is 10.1 Å². The maximum atomic E-state index is 10.1. The molecule has 1 aliphatic rings. The molecule has 4 nitrogen and oxygen atoms in total. The number of hydrogen-bond acceptors (Lipinski definition) is 3. The SMILES string of the molecule is O=[N+]([O-])C(Br)=C1CCCN1. The Labute approximate surface area is 66.6 Å². The summed E-state index contributed by atoms with van der Waals surface area (Å²) in [5.41, 5.74) is 0.713. The molecule has 1 N–H and O–H groups in total. The van der Waals surface area contributed by atoms with Gasteiger partial charge in [0, 0.05) is 22.5 Å². The summed E-state index contributed by atoms with van der Waals surface area (Å²) in [6, 6.07) is 0. The van der Waals surface area contributed by atoms with Gasteiger partial charge in [-0.25, -0.2) is 0 Å². The lowest BCUT2D eigenvalue weighted by Crippen LogP contribution is -2.08. The average molecular weight is 207 g/mol. The number of halogens is 1. The average Bonchev–Trinajstić information content (AvgIpc) is 2.36. The molecule has 0 bridgehead atoms. The number of nitro groups is 1. The van der Waals surface area contributed by atoms with Crippen LogP contribution in [-0.4, -0.2) is 11.5 Å². The van der Waals surface area contributed by atoms with Crippen molar-refractivity contribution in [3.8, 4) is 0 Å². The lowest BCUT2D eigenvalue weighted by Gasteiger charge is -1.94. The zero-order valence-electron chi connectivity index (χ0n) is 5.26. The molecule has 1 saturated heterocycles. The van der Waals surface area contributed by atoms with Crippen molar-refractivity contribution in [3.63, 3.8) is 0 Å². The maximum absolute atomic E-state index is 10.1. The van der Waals surface area contributed by atoms with Gasteiger partial charge in [0.05, 0.1) is 10.6 Å². The summed E-state index contributed by atoms with van der Waals surface area (Å²) in [6.45, 7) is 0.846. The van der Waals surface area contributed by atoms with Crippen LogP contribution in [0.4, 0.5) is 0 Å². The Morgan fingerprint density at radius 3 is 2.90 bits per heavy atom. The van der Waals surface area contributed by atoms with Crippen molar-refractivity contribution < 1.29 is 4.92 Å². The smallest absolute Gasteiger partial charge is 0.329 e. The summed E-state index contributed by atoms with van der Waals surface area (Å²) in [7, 11) is 0. The van der Waals surface area contributed by atoms with Crippen LogP contribution in [0.15, 0.2) is 10.3 Å². The molecular weight excluding hydrogens is 200 g/mol. The molecule has 0 saturated carbocycles. The zero-order chi connectivity index (χ0) is 7.56. The van der Waals surface area contributed by atoms with Crippen LogP contribution in [0.2, 0.25) is 0 Å². The molecule has 0 atom stereocenters. The monoisotopic (exact) mass is 206 g/mol. The van der Waals surface area contributed by atoms with Gasteiger partial charge in [0.25, 0.3) is 0 Å². The summed E-state index contributed by atoms with van der Waals surface area (Å²) in [4.78, 5) is 9.72. The maximum Gasteiger partial charge on any atom is 0.329 e. The Kier molecular flexibility index (Phi) is 2.26. The fourth-order valence-electron chi connectivity index (χ4n) is 0.879. The van der Waals surface area contributed by atoms with Gasteiger partial charge in [0.15, 0.2) is 0 Å². The summed E-state index contributed by atoms with van der Waals surface area (Å²) in [6.07, 6.45) is 1.76. The molecule has 56 valence electrons. The molecule has 0 aliphatic carbocycles. The third-order valence-electron chi connectivity index (χ3n) is 1.35. The van der Waals surface area contributed by atoms with Gasteiger partial charge in [-0.05, 0) is 12.8 Å². The van der Waals surface area contributed by atoms with Crippen molar-refractivity contribution in [2.45, 2.75) is 12.8 Å². The summed E-state index contributed by atoms with van der Waals surface area (Å²) >= 11 is 2.89. The van der Waals surface area contributed by atoms with E-state index in [0.29, 0.717) is 5.70 Å². The van der Waals surface area contributed by atoms with E-state index in [4.69, 9.17) is 0 Å². The molecule has 0 unspecified atom stereocenters. The van der Waals surface area contributed by atoms with E-state index in [1.165, 1.54) is 0 Å². The van der Waals surface area contributed by atoms with Crippen LogP contribution in [0.1, 0.15) is 12.8 Å². The number of hydrogen-bond donors (Lipinski definition) is 1. The quantitative estimate of drug-likeness (QED) is 0.399. The second-order valence-electron chi connectivity index (χ2n) is 2.06. The standard InChI is InChI=1S/C5H7BrN2O2/c6-5(8(9)10)4-2-1-3-7-4/h7H,1-3H2. The minimum absolute atomic E-state index is 0.0741. The Morgan fingerprint density at radius 2 is 2.50 bits per heavy atom. The van der Waals surface area contributed by atoms with Crippen molar-refractivity contribution in [2.75, 3.05) is 6.54 Å². The molecule has 0 spiro atoms. The van der Waals surface area contributed by atoms with Crippen molar-refractivity contribution >= 4 is 15.9 Å². The predicted octanol–water partition coefficient (Wildman–Crippen LogP) is 1.21. The first-order chi connectivity index (χ1) is 4.72. The van der Waals surface area contributed by atoms with E-state index in [2.05, 4.69) is 21.2 Å². The molecule has 1 fully saturated rings. The predicted molar refractivity (Wildman–Crippen MR) is 40.2 cm³/mol. The van der Waals surface area contributed by atoms with E-state index in [0.717, 1.165) is 19.4 Å². The lowest BCUT2D eigenvalue weighted by molar-refractivity contribution is -0.410. The van der Waals surface area contributed by atoms with Crippen LogP contribution in [0.3, 0.4) is 0 Å². The fourth-order valence-corrected chi connectivity index (χ4v) is 1.22. The molecule has 10 heavy (non-hydrogen) atoms. The van der Waals surface area contributed by atoms with Gasteiger partial charge in [-0.2, -0.15) is 0 Å². The Balaban J connectivity index is 2.73. The van der Waals surface area contributed by atoms with Gasteiger partial charge >= 0.3 is 4.61 Å². The van der Waals surface area contributed by atoms with Crippen molar-refractivity contribution in [1.82, 2.24) is 5.32 Å². The number of nitrogens with one attached hydrogen (secondary N) is 1. The fraction of sp³-hybridized carbons (Fsp3) is 0.600. The molecular formula is C5H7BrN2O2. The Morgan fingerprint density at radius 1 is 1.80 bits per heavy atom. The summed E-state index contributed by atoms with van der Waals surface area (Å²) in [5.74, 6) is 0. The van der Waals surface area contributed by atoms with E-state index < -0.39 is 4.92 Å². The van der Waals surface area contributed by atoms with Gasteiger partial charge in [-0.15, -0.1) is 0 Å². The van der Waals surface area contributed by atoms with E-state index in [1.807, 2.05) is 0 Å². The van der Waals surface area contributed by atoms with E-state index in [1.54, 1.807) is 0 Å². The zero-order valence-corrected chi connectivity index (χ0v) is 6.85. The molecule has 1 rings (SSSR count). The van der Waals surface area contributed by atoms with Gasteiger partial charge < -0.3 is 5.32 Å². The molecule has 0 radical (unpaired) electrons. The molecule has 0 aromatic carbocycles. The van der Waals surface area contributed by atoms with Crippen LogP contribution in [0, 0.1) is 10.1 Å². The summed E-state index contributed by atoms with van der Waals surface area (Å²) in [5, 5.41) is 13.1. The topological polar surface area (TPSA) is 55.2 Å². The first-order valence-electron chi connectivity index (χ1n) is 2.98. The molecule has 1 aliphatic heterocycles. The van der Waals surface area contributed by atoms with Crippen LogP contribution < -0.4 is 5.32 Å². The third-order valence-corrected chi connectivity index (χ3v) is 2.12. The largest absolute Gasteiger partial charge is 0.382 e. The second-order valence-corrected chi connectivity index (χ2v) is 2.81. The van der Waals surface area contributed by atoms with Crippen molar-refractivity contribution in [1.29, 1.82) is 0 Å². The van der Waals surface area contributed by atoms with Crippen LogP contribution in [-0.2, 0) is 0 Å². The first kappa shape index (κ1) is 7.53. The number of allylic oxidation sites excluding steroid dienone is 1. The number of rotatable bonds is 1. The first-order valence-corrected chi connectivity index (χ1v) is 3.78. The Hall–Kier alpha value is -0.580. The highest BCUT2D eigenvalue weighted by molar-refractivity contribution is 9.11. The number of nitrogens with zero attached hydrogens (tertiary/aromatic N) is 1. The summed E-state index contributed by atoms with van der Waals surface area (Å²) < 4.78 is 0.0741. The minimum atomic E-state index is -0.423. The molecule has 5 heteroatoms. The second kappa shape index (κ2) is 3.01. The molecule has 0 amide bonds. The van der Waals surface area contributed by atoms with Gasteiger partial charge in [-0.1, -0.05) is 0 Å². The lowest BCUT2D eigenvalue weighted by atomic mass is 10.3. The van der Waals surface area contributed by atoms with Gasteiger partial charge in [-0.3, -0.25) is 10.1 Å². The van der Waals surface area contributed by atoms with Gasteiger partial charge in [0.1, 0.15) is 0 Å². The minimum Gasteiger partial charge on any atom is -0.382 e. The van der Waals surface area contributed by atoms with Crippen LogP contribution in [0.5, 0.6) is 0 Å². The normalized spacial score (nSPS) is 22.1. The third kappa shape index (κ3) is 1.47. The molecule has 0 aromatic rings. The highest BCUT2D eigenvalue weighted by atomic mass is 79.9. The van der Waals surface area contributed by atoms with Crippen molar-refractivity contribution in [3.05, 3.63) is 20.4 Å². The molecule has 0 aromatic heterocycles. The molecule has 1 heterocycles. The van der Waals surface area contributed by atoms with E-state index in [-0.39, 0.29) is 4.61 Å².